The third kappa shape index (κ3) is 3.81. The van der Waals surface area contributed by atoms with Gasteiger partial charge < -0.3 is 4.90 Å². The maximum Gasteiger partial charge on any atom is 0.128 e. The molecular formula is C20H22BrN5. The van der Waals surface area contributed by atoms with E-state index in [-0.39, 0.29) is 0 Å². The molecule has 0 unspecified atom stereocenters. The molecule has 0 aliphatic carbocycles. The van der Waals surface area contributed by atoms with E-state index < -0.39 is 0 Å². The van der Waals surface area contributed by atoms with Crippen molar-refractivity contribution < 1.29 is 0 Å². The Labute approximate surface area is 162 Å². The van der Waals surface area contributed by atoms with Crippen LogP contribution in [-0.2, 0) is 6.54 Å². The Morgan fingerprint density at radius 2 is 1.77 bits per heavy atom. The van der Waals surface area contributed by atoms with Gasteiger partial charge in [0.05, 0.1) is 11.4 Å². The molecule has 3 heterocycles. The predicted octanol–water partition coefficient (Wildman–Crippen LogP) is 3.66. The van der Waals surface area contributed by atoms with Gasteiger partial charge in [-0.3, -0.25) is 4.90 Å². The van der Waals surface area contributed by atoms with Crippen LogP contribution in [0.4, 0.5) is 5.82 Å². The van der Waals surface area contributed by atoms with Crippen molar-refractivity contribution in [3.8, 4) is 5.69 Å². The molecule has 0 amide bonds. The Hall–Kier alpha value is -2.18. The average Bonchev–Trinajstić information content (AvgIpc) is 3.04. The van der Waals surface area contributed by atoms with Crippen molar-refractivity contribution in [3.63, 3.8) is 0 Å². The summed E-state index contributed by atoms with van der Waals surface area (Å²) in [4.78, 5) is 9.35. The number of aryl methyl sites for hydroxylation is 1. The van der Waals surface area contributed by atoms with Crippen LogP contribution in [0.1, 0.15) is 11.3 Å². The normalized spacial score (nSPS) is 15.4. The minimum absolute atomic E-state index is 0.945. The fourth-order valence-corrected chi connectivity index (χ4v) is 3.53. The monoisotopic (exact) mass is 411 g/mol. The Balaban J connectivity index is 1.39. The molecular weight excluding hydrogens is 390 g/mol. The number of nitrogens with zero attached hydrogens (tertiary/aromatic N) is 5. The molecule has 1 fully saturated rings. The number of benzene rings is 1. The molecule has 0 spiro atoms. The van der Waals surface area contributed by atoms with E-state index in [9.17, 15) is 0 Å². The standard InChI is InChI=1S/C20H22BrN5/c1-16-17(15-26(23-16)19-5-3-2-4-6-19)14-24-9-11-25(12-10-24)20-8-7-18(21)13-22-20/h2-8,13,15H,9-12,14H2,1H3. The smallest absolute Gasteiger partial charge is 0.128 e. The topological polar surface area (TPSA) is 37.2 Å². The molecule has 0 saturated carbocycles. The van der Waals surface area contributed by atoms with Gasteiger partial charge in [-0.1, -0.05) is 18.2 Å². The number of piperazine rings is 1. The van der Waals surface area contributed by atoms with Crippen LogP contribution in [0, 0.1) is 6.92 Å². The van der Waals surface area contributed by atoms with Gasteiger partial charge >= 0.3 is 0 Å². The van der Waals surface area contributed by atoms with Crippen molar-refractivity contribution in [1.29, 1.82) is 0 Å². The van der Waals surface area contributed by atoms with Gasteiger partial charge in [-0.15, -0.1) is 0 Å². The Morgan fingerprint density at radius 1 is 1.00 bits per heavy atom. The lowest BCUT2D eigenvalue weighted by atomic mass is 10.2. The Bertz CT molecular complexity index is 852. The summed E-state index contributed by atoms with van der Waals surface area (Å²) in [6.45, 7) is 7.11. The van der Waals surface area contributed by atoms with Gasteiger partial charge in [0.25, 0.3) is 0 Å². The van der Waals surface area contributed by atoms with Gasteiger partial charge in [0.2, 0.25) is 0 Å². The molecule has 26 heavy (non-hydrogen) atoms. The van der Waals surface area contributed by atoms with Crippen molar-refractivity contribution in [3.05, 3.63) is 70.6 Å². The summed E-state index contributed by atoms with van der Waals surface area (Å²) in [5.41, 5.74) is 3.50. The van der Waals surface area contributed by atoms with Crippen molar-refractivity contribution in [1.82, 2.24) is 19.7 Å². The molecule has 1 saturated heterocycles. The molecule has 1 aliphatic heterocycles. The number of anilines is 1. The molecule has 4 rings (SSSR count). The highest BCUT2D eigenvalue weighted by atomic mass is 79.9. The lowest BCUT2D eigenvalue weighted by Gasteiger charge is -2.35. The van der Waals surface area contributed by atoms with E-state index in [1.807, 2.05) is 29.1 Å². The third-order valence-corrected chi connectivity index (χ3v) is 5.29. The van der Waals surface area contributed by atoms with E-state index in [0.717, 1.165) is 54.4 Å². The lowest BCUT2D eigenvalue weighted by molar-refractivity contribution is 0.249. The SMILES string of the molecule is Cc1nn(-c2ccccc2)cc1CN1CCN(c2ccc(Br)cn2)CC1. The van der Waals surface area contributed by atoms with Gasteiger partial charge in [0.15, 0.2) is 0 Å². The van der Waals surface area contributed by atoms with Gasteiger partial charge in [0, 0.05) is 55.2 Å². The van der Waals surface area contributed by atoms with Crippen LogP contribution in [0.3, 0.4) is 0 Å². The zero-order valence-electron chi connectivity index (χ0n) is 14.8. The summed E-state index contributed by atoms with van der Waals surface area (Å²) in [6, 6.07) is 14.4. The minimum atomic E-state index is 0.945. The number of rotatable bonds is 4. The maximum absolute atomic E-state index is 4.68. The van der Waals surface area contributed by atoms with Crippen LogP contribution in [-0.4, -0.2) is 45.8 Å². The quantitative estimate of drug-likeness (QED) is 0.656. The van der Waals surface area contributed by atoms with Crippen molar-refractivity contribution in [2.24, 2.45) is 0 Å². The molecule has 0 N–H and O–H groups in total. The van der Waals surface area contributed by atoms with Gasteiger partial charge in [-0.2, -0.15) is 5.10 Å². The number of hydrogen-bond acceptors (Lipinski definition) is 4. The average molecular weight is 412 g/mol. The third-order valence-electron chi connectivity index (χ3n) is 4.82. The highest BCUT2D eigenvalue weighted by molar-refractivity contribution is 9.10. The van der Waals surface area contributed by atoms with Gasteiger partial charge in [0.1, 0.15) is 5.82 Å². The molecule has 6 heteroatoms. The number of aromatic nitrogens is 3. The number of pyridine rings is 1. The summed E-state index contributed by atoms with van der Waals surface area (Å²) in [5, 5.41) is 4.68. The molecule has 0 radical (unpaired) electrons. The molecule has 1 aromatic carbocycles. The number of hydrogen-bond donors (Lipinski definition) is 0. The summed E-state index contributed by atoms with van der Waals surface area (Å²) in [5.74, 6) is 1.06. The first-order valence-electron chi connectivity index (χ1n) is 8.88. The van der Waals surface area contributed by atoms with E-state index in [0.29, 0.717) is 0 Å². The molecule has 0 atom stereocenters. The number of halogens is 1. The zero-order valence-corrected chi connectivity index (χ0v) is 16.4. The van der Waals surface area contributed by atoms with Gasteiger partial charge in [-0.05, 0) is 47.1 Å². The fourth-order valence-electron chi connectivity index (χ4n) is 3.30. The van der Waals surface area contributed by atoms with Crippen LogP contribution in [0.15, 0.2) is 59.3 Å². The van der Waals surface area contributed by atoms with Crippen molar-refractivity contribution in [2.75, 3.05) is 31.1 Å². The maximum atomic E-state index is 4.68. The van der Waals surface area contributed by atoms with Crippen LogP contribution in [0.5, 0.6) is 0 Å². The summed E-state index contributed by atoms with van der Waals surface area (Å²) in [6.07, 6.45) is 4.02. The second-order valence-corrected chi connectivity index (χ2v) is 7.53. The molecule has 3 aromatic rings. The van der Waals surface area contributed by atoms with E-state index in [2.05, 4.69) is 73.2 Å². The second-order valence-electron chi connectivity index (χ2n) is 6.62. The first kappa shape index (κ1) is 17.2. The lowest BCUT2D eigenvalue weighted by Crippen LogP contribution is -2.46. The van der Waals surface area contributed by atoms with E-state index in [1.165, 1.54) is 5.56 Å². The summed E-state index contributed by atoms with van der Waals surface area (Å²) < 4.78 is 3.00. The number of para-hydroxylation sites is 1. The van der Waals surface area contributed by atoms with Crippen LogP contribution >= 0.6 is 15.9 Å². The molecule has 5 nitrogen and oxygen atoms in total. The van der Waals surface area contributed by atoms with E-state index in [1.54, 1.807) is 0 Å². The van der Waals surface area contributed by atoms with Crippen LogP contribution in [0.25, 0.3) is 5.69 Å². The molecule has 2 aromatic heterocycles. The van der Waals surface area contributed by atoms with Gasteiger partial charge in [-0.25, -0.2) is 9.67 Å². The summed E-state index contributed by atoms with van der Waals surface area (Å²) in [7, 11) is 0. The molecule has 134 valence electrons. The minimum Gasteiger partial charge on any atom is -0.354 e. The van der Waals surface area contributed by atoms with E-state index in [4.69, 9.17) is 0 Å². The fraction of sp³-hybridized carbons (Fsp3) is 0.300. The predicted molar refractivity (Wildman–Crippen MR) is 108 cm³/mol. The first-order chi connectivity index (χ1) is 12.7. The zero-order chi connectivity index (χ0) is 17.9. The largest absolute Gasteiger partial charge is 0.354 e. The van der Waals surface area contributed by atoms with E-state index >= 15 is 0 Å². The highest BCUT2D eigenvalue weighted by Gasteiger charge is 2.19. The van der Waals surface area contributed by atoms with Crippen LogP contribution < -0.4 is 4.90 Å². The van der Waals surface area contributed by atoms with Crippen LogP contribution in [0.2, 0.25) is 0 Å². The molecule has 0 bridgehead atoms. The molecule has 1 aliphatic rings. The van der Waals surface area contributed by atoms with Crippen molar-refractivity contribution in [2.45, 2.75) is 13.5 Å². The second kappa shape index (κ2) is 7.60. The first-order valence-corrected chi connectivity index (χ1v) is 9.68. The highest BCUT2D eigenvalue weighted by Crippen LogP contribution is 2.19. The summed E-state index contributed by atoms with van der Waals surface area (Å²) >= 11 is 3.44. The Morgan fingerprint density at radius 3 is 2.46 bits per heavy atom. The van der Waals surface area contributed by atoms with Crippen molar-refractivity contribution >= 4 is 21.7 Å². The Kier molecular flexibility index (Phi) is 5.04.